The van der Waals surface area contributed by atoms with Crippen LogP contribution >= 0.6 is 22.5 Å². The first-order chi connectivity index (χ1) is 4.67. The highest BCUT2D eigenvalue weighted by molar-refractivity contribution is 8.69. The molecule has 1 aliphatic heterocycles. The summed E-state index contributed by atoms with van der Waals surface area (Å²) < 4.78 is 0. The van der Waals surface area contributed by atoms with Gasteiger partial charge in [0.2, 0.25) is 0 Å². The Morgan fingerprint density at radius 1 is 1.30 bits per heavy atom. The highest BCUT2D eigenvalue weighted by Crippen LogP contribution is 2.33. The zero-order valence-electron chi connectivity index (χ0n) is 6.63. The van der Waals surface area contributed by atoms with Gasteiger partial charge in [-0.25, -0.2) is 0 Å². The summed E-state index contributed by atoms with van der Waals surface area (Å²) in [7, 11) is 1.64. The van der Waals surface area contributed by atoms with Gasteiger partial charge in [-0.1, -0.05) is 10.8 Å². The molecule has 0 aromatic rings. The van der Waals surface area contributed by atoms with Crippen molar-refractivity contribution in [2.75, 3.05) is 13.1 Å². The van der Waals surface area contributed by atoms with E-state index in [9.17, 15) is 0 Å². The lowest BCUT2D eigenvalue weighted by Gasteiger charge is -2.32. The minimum atomic E-state index is 0.236. The molecule has 1 heterocycles. The lowest BCUT2D eigenvalue weighted by Crippen LogP contribution is -2.37. The Balaban J connectivity index is 2.45. The Morgan fingerprint density at radius 2 is 1.80 bits per heavy atom. The molecule has 0 bridgehead atoms. The molecule has 1 fully saturated rings. The molecule has 1 rings (SSSR count). The van der Waals surface area contributed by atoms with Crippen molar-refractivity contribution in [2.24, 2.45) is 0 Å². The van der Waals surface area contributed by atoms with Gasteiger partial charge in [0.1, 0.15) is 0 Å². The van der Waals surface area contributed by atoms with E-state index in [1.54, 1.807) is 10.8 Å². The molecule has 1 aliphatic rings. The van der Waals surface area contributed by atoms with E-state index in [4.69, 9.17) is 0 Å². The first kappa shape index (κ1) is 8.75. The second-order valence-electron chi connectivity index (χ2n) is 3.23. The number of nitrogens with zero attached hydrogens (tertiary/aromatic N) is 1. The van der Waals surface area contributed by atoms with Gasteiger partial charge >= 0.3 is 0 Å². The minimum Gasteiger partial charge on any atom is -0.289 e. The third-order valence-corrected chi connectivity index (χ3v) is 4.14. The smallest absolute Gasteiger partial charge is 0.0713 e. The number of thiol groups is 1. The SMILES string of the molecule is CC(C)(SS)N1CCCC1. The molecule has 1 nitrogen and oxygen atoms in total. The molecule has 0 aromatic carbocycles. The van der Waals surface area contributed by atoms with Crippen molar-refractivity contribution in [1.82, 2.24) is 4.90 Å². The van der Waals surface area contributed by atoms with E-state index >= 15 is 0 Å². The van der Waals surface area contributed by atoms with E-state index < -0.39 is 0 Å². The van der Waals surface area contributed by atoms with Crippen LogP contribution in [0.4, 0.5) is 0 Å². The van der Waals surface area contributed by atoms with Gasteiger partial charge in [0.05, 0.1) is 4.87 Å². The monoisotopic (exact) mass is 177 g/mol. The van der Waals surface area contributed by atoms with Gasteiger partial charge in [0.15, 0.2) is 0 Å². The highest BCUT2D eigenvalue weighted by atomic mass is 33.1. The predicted octanol–water partition coefficient (Wildman–Crippen LogP) is 2.40. The molecule has 0 spiro atoms. The lowest BCUT2D eigenvalue weighted by atomic mass is 10.3. The number of likely N-dealkylation sites (tertiary alicyclic amines) is 1. The van der Waals surface area contributed by atoms with Crippen molar-refractivity contribution >= 4 is 22.5 Å². The molecule has 0 aromatic heterocycles. The van der Waals surface area contributed by atoms with Gasteiger partial charge in [-0.2, -0.15) is 0 Å². The van der Waals surface area contributed by atoms with Gasteiger partial charge in [0, 0.05) is 0 Å². The molecule has 0 amide bonds. The van der Waals surface area contributed by atoms with Crippen molar-refractivity contribution in [3.63, 3.8) is 0 Å². The fraction of sp³-hybridized carbons (Fsp3) is 1.00. The normalized spacial score (nSPS) is 21.9. The van der Waals surface area contributed by atoms with Crippen molar-refractivity contribution in [1.29, 1.82) is 0 Å². The van der Waals surface area contributed by atoms with Crippen molar-refractivity contribution in [3.8, 4) is 0 Å². The number of hydrogen-bond donors (Lipinski definition) is 1. The molecule has 0 N–H and O–H groups in total. The summed E-state index contributed by atoms with van der Waals surface area (Å²) in [5.74, 6) is 0. The second kappa shape index (κ2) is 3.37. The van der Waals surface area contributed by atoms with Crippen molar-refractivity contribution in [3.05, 3.63) is 0 Å². The van der Waals surface area contributed by atoms with Crippen LogP contribution in [-0.4, -0.2) is 22.9 Å². The van der Waals surface area contributed by atoms with Crippen LogP contribution in [0, 0.1) is 0 Å². The molecule has 0 radical (unpaired) electrons. The van der Waals surface area contributed by atoms with Crippen LogP contribution in [0.5, 0.6) is 0 Å². The minimum absolute atomic E-state index is 0.236. The molecule has 1 saturated heterocycles. The summed E-state index contributed by atoms with van der Waals surface area (Å²) in [6, 6.07) is 0. The average molecular weight is 177 g/mol. The van der Waals surface area contributed by atoms with Crippen LogP contribution < -0.4 is 0 Å². The van der Waals surface area contributed by atoms with E-state index in [0.29, 0.717) is 0 Å². The van der Waals surface area contributed by atoms with Crippen molar-refractivity contribution < 1.29 is 0 Å². The Hall–Kier alpha value is 0.660. The molecule has 0 unspecified atom stereocenters. The van der Waals surface area contributed by atoms with Gasteiger partial charge in [-0.15, -0.1) is 11.7 Å². The Bertz CT molecular complexity index is 108. The maximum atomic E-state index is 4.25. The van der Waals surface area contributed by atoms with E-state index in [1.807, 2.05) is 0 Å². The highest BCUT2D eigenvalue weighted by Gasteiger charge is 2.28. The van der Waals surface area contributed by atoms with E-state index in [-0.39, 0.29) is 4.87 Å². The summed E-state index contributed by atoms with van der Waals surface area (Å²) in [5.41, 5.74) is 0. The molecule has 10 heavy (non-hydrogen) atoms. The first-order valence-corrected chi connectivity index (χ1v) is 5.61. The second-order valence-corrected chi connectivity index (χ2v) is 4.96. The standard InChI is InChI=1S/C7H15NS2/c1-7(2,10-9)8-5-3-4-6-8/h9H,3-6H2,1-2H3. The molecule has 0 atom stereocenters. The van der Waals surface area contributed by atoms with Crippen LogP contribution in [0.3, 0.4) is 0 Å². The van der Waals surface area contributed by atoms with E-state index in [1.165, 1.54) is 25.9 Å². The predicted molar refractivity (Wildman–Crippen MR) is 51.5 cm³/mol. The van der Waals surface area contributed by atoms with Crippen LogP contribution in [0.1, 0.15) is 26.7 Å². The third-order valence-electron chi connectivity index (χ3n) is 2.09. The molecule has 60 valence electrons. The topological polar surface area (TPSA) is 3.24 Å². The summed E-state index contributed by atoms with van der Waals surface area (Å²) in [6.45, 7) is 6.97. The van der Waals surface area contributed by atoms with Crippen LogP contribution in [0.15, 0.2) is 0 Å². The van der Waals surface area contributed by atoms with Gasteiger partial charge in [-0.3, -0.25) is 4.90 Å². The average Bonchev–Trinajstić information content (AvgIpc) is 2.38. The zero-order valence-corrected chi connectivity index (χ0v) is 8.34. The van der Waals surface area contributed by atoms with Crippen LogP contribution in [0.2, 0.25) is 0 Å². The fourth-order valence-electron chi connectivity index (χ4n) is 1.31. The fourth-order valence-corrected chi connectivity index (χ4v) is 1.96. The lowest BCUT2D eigenvalue weighted by molar-refractivity contribution is 0.247. The summed E-state index contributed by atoms with van der Waals surface area (Å²) >= 11 is 4.25. The quantitative estimate of drug-likeness (QED) is 0.509. The summed E-state index contributed by atoms with van der Waals surface area (Å²) in [4.78, 5) is 2.73. The molecule has 3 heteroatoms. The maximum absolute atomic E-state index is 4.25. The molecular formula is C7H15NS2. The number of rotatable bonds is 2. The zero-order chi connectivity index (χ0) is 7.61. The largest absolute Gasteiger partial charge is 0.289 e. The van der Waals surface area contributed by atoms with E-state index in [0.717, 1.165) is 0 Å². The van der Waals surface area contributed by atoms with Crippen molar-refractivity contribution in [2.45, 2.75) is 31.6 Å². The van der Waals surface area contributed by atoms with Gasteiger partial charge in [0.25, 0.3) is 0 Å². The number of hydrogen-bond acceptors (Lipinski definition) is 3. The molecule has 0 saturated carbocycles. The Morgan fingerprint density at radius 3 is 2.20 bits per heavy atom. The summed E-state index contributed by atoms with van der Waals surface area (Å²) in [6.07, 6.45) is 2.72. The van der Waals surface area contributed by atoms with Crippen LogP contribution in [0.25, 0.3) is 0 Å². The van der Waals surface area contributed by atoms with Gasteiger partial charge < -0.3 is 0 Å². The molecular weight excluding hydrogens is 162 g/mol. The Labute approximate surface area is 72.4 Å². The first-order valence-electron chi connectivity index (χ1n) is 3.74. The molecule has 0 aliphatic carbocycles. The maximum Gasteiger partial charge on any atom is 0.0713 e. The van der Waals surface area contributed by atoms with Crippen LogP contribution in [-0.2, 0) is 0 Å². The third kappa shape index (κ3) is 1.83. The van der Waals surface area contributed by atoms with Gasteiger partial charge in [-0.05, 0) is 39.8 Å². The summed E-state index contributed by atoms with van der Waals surface area (Å²) in [5, 5.41) is 0. The Kier molecular flexibility index (Phi) is 2.95. The van der Waals surface area contributed by atoms with E-state index in [2.05, 4.69) is 30.4 Å².